The quantitative estimate of drug-likeness (QED) is 0.927. The van der Waals surface area contributed by atoms with Crippen LogP contribution in [0.3, 0.4) is 0 Å². The molecule has 21 heavy (non-hydrogen) atoms. The summed E-state index contributed by atoms with van der Waals surface area (Å²) in [6, 6.07) is 5.99. The minimum Gasteiger partial charge on any atom is -0.369 e. The maximum absolute atomic E-state index is 11.9. The molecule has 110 valence electrons. The van der Waals surface area contributed by atoms with Gasteiger partial charge in [0.15, 0.2) is 0 Å². The van der Waals surface area contributed by atoms with Gasteiger partial charge in [-0.2, -0.15) is 0 Å². The molecule has 2 heterocycles. The van der Waals surface area contributed by atoms with Crippen LogP contribution in [0.1, 0.15) is 12.8 Å². The average molecular weight is 284 g/mol. The average Bonchev–Trinajstić information content (AvgIpc) is 3.32. The van der Waals surface area contributed by atoms with E-state index in [0.717, 1.165) is 43.3 Å². The monoisotopic (exact) mass is 284 g/mol. The van der Waals surface area contributed by atoms with Crippen LogP contribution in [-0.2, 0) is 0 Å². The van der Waals surface area contributed by atoms with Crippen molar-refractivity contribution < 1.29 is 0 Å². The SMILES string of the molecule is O=c1[nH]cnc2ccc(N3CCN(CC4CC4)CC3)cc12. The third kappa shape index (κ3) is 2.65. The topological polar surface area (TPSA) is 52.2 Å². The molecule has 4 rings (SSSR count). The van der Waals surface area contributed by atoms with Crippen molar-refractivity contribution in [1.29, 1.82) is 0 Å². The van der Waals surface area contributed by atoms with E-state index in [4.69, 9.17) is 0 Å². The highest BCUT2D eigenvalue weighted by Crippen LogP contribution is 2.30. The maximum atomic E-state index is 11.9. The third-order valence-electron chi connectivity index (χ3n) is 4.57. The van der Waals surface area contributed by atoms with Crippen molar-refractivity contribution in [3.8, 4) is 0 Å². The molecular formula is C16H20N4O. The number of aromatic nitrogens is 2. The molecule has 0 spiro atoms. The number of hydrogen-bond acceptors (Lipinski definition) is 4. The summed E-state index contributed by atoms with van der Waals surface area (Å²) in [5.74, 6) is 0.960. The summed E-state index contributed by atoms with van der Waals surface area (Å²) in [6.07, 6.45) is 4.29. The molecule has 1 N–H and O–H groups in total. The second kappa shape index (κ2) is 5.15. The highest BCUT2D eigenvalue weighted by molar-refractivity contribution is 5.81. The number of nitrogens with one attached hydrogen (secondary N) is 1. The van der Waals surface area contributed by atoms with Gasteiger partial charge in [0.05, 0.1) is 17.2 Å². The van der Waals surface area contributed by atoms with Crippen molar-refractivity contribution in [1.82, 2.24) is 14.9 Å². The van der Waals surface area contributed by atoms with Crippen molar-refractivity contribution in [3.05, 3.63) is 34.9 Å². The van der Waals surface area contributed by atoms with Gasteiger partial charge in [0.25, 0.3) is 5.56 Å². The van der Waals surface area contributed by atoms with Gasteiger partial charge < -0.3 is 9.88 Å². The smallest absolute Gasteiger partial charge is 0.258 e. The zero-order chi connectivity index (χ0) is 14.2. The van der Waals surface area contributed by atoms with E-state index in [9.17, 15) is 4.79 Å². The molecule has 1 aromatic carbocycles. The molecule has 0 atom stereocenters. The molecule has 2 aromatic rings. The van der Waals surface area contributed by atoms with Crippen LogP contribution < -0.4 is 10.5 Å². The Hall–Kier alpha value is -1.88. The van der Waals surface area contributed by atoms with E-state index in [0.29, 0.717) is 5.39 Å². The molecule has 0 amide bonds. The predicted octanol–water partition coefficient (Wildman–Crippen LogP) is 1.46. The molecule has 1 aromatic heterocycles. The van der Waals surface area contributed by atoms with Crippen LogP contribution in [0.2, 0.25) is 0 Å². The first-order chi connectivity index (χ1) is 10.3. The lowest BCUT2D eigenvalue weighted by Gasteiger charge is -2.36. The summed E-state index contributed by atoms with van der Waals surface area (Å²) in [4.78, 5) is 23.7. The number of hydrogen-bond donors (Lipinski definition) is 1. The Balaban J connectivity index is 1.51. The Bertz CT molecular complexity index is 699. The van der Waals surface area contributed by atoms with E-state index < -0.39 is 0 Å². The Kier molecular flexibility index (Phi) is 3.15. The fraction of sp³-hybridized carbons (Fsp3) is 0.500. The van der Waals surface area contributed by atoms with Gasteiger partial charge in [-0.05, 0) is 37.0 Å². The molecule has 5 heteroatoms. The first-order valence-corrected chi connectivity index (χ1v) is 7.74. The lowest BCUT2D eigenvalue weighted by Crippen LogP contribution is -2.47. The lowest BCUT2D eigenvalue weighted by molar-refractivity contribution is 0.248. The van der Waals surface area contributed by atoms with Crippen LogP contribution in [0.5, 0.6) is 0 Å². The molecular weight excluding hydrogens is 264 g/mol. The highest BCUT2D eigenvalue weighted by atomic mass is 16.1. The molecule has 1 aliphatic heterocycles. The summed E-state index contributed by atoms with van der Waals surface area (Å²) >= 11 is 0. The Morgan fingerprint density at radius 3 is 2.76 bits per heavy atom. The normalized spacial score (nSPS) is 20.1. The number of nitrogens with zero attached hydrogens (tertiary/aromatic N) is 3. The Morgan fingerprint density at radius 1 is 1.19 bits per heavy atom. The number of anilines is 1. The molecule has 0 unspecified atom stereocenters. The van der Waals surface area contributed by atoms with Gasteiger partial charge >= 0.3 is 0 Å². The van der Waals surface area contributed by atoms with Crippen LogP contribution in [0.4, 0.5) is 5.69 Å². The second-order valence-corrected chi connectivity index (χ2v) is 6.16. The summed E-state index contributed by atoms with van der Waals surface area (Å²) < 4.78 is 0. The number of rotatable bonds is 3. The molecule has 1 aliphatic carbocycles. The van der Waals surface area contributed by atoms with Crippen LogP contribution in [-0.4, -0.2) is 47.6 Å². The van der Waals surface area contributed by atoms with Gasteiger partial charge in [0.2, 0.25) is 0 Å². The maximum Gasteiger partial charge on any atom is 0.258 e. The standard InChI is InChI=1S/C16H20N4O/c21-16-14-9-13(3-4-15(14)17-11-18-16)20-7-5-19(6-8-20)10-12-1-2-12/h3-4,9,11-12H,1-2,5-8,10H2,(H,17,18,21). The minimum atomic E-state index is -0.0609. The molecule has 1 saturated carbocycles. The van der Waals surface area contributed by atoms with E-state index in [1.165, 1.54) is 25.7 Å². The fourth-order valence-corrected chi connectivity index (χ4v) is 3.11. The van der Waals surface area contributed by atoms with Crippen LogP contribution in [0, 0.1) is 5.92 Å². The summed E-state index contributed by atoms with van der Waals surface area (Å²) in [7, 11) is 0. The molecule has 1 saturated heterocycles. The Morgan fingerprint density at radius 2 is 2.00 bits per heavy atom. The van der Waals surface area contributed by atoms with E-state index in [1.807, 2.05) is 12.1 Å². The van der Waals surface area contributed by atoms with E-state index >= 15 is 0 Å². The number of piperazine rings is 1. The first-order valence-electron chi connectivity index (χ1n) is 7.74. The van der Waals surface area contributed by atoms with Crippen LogP contribution in [0.15, 0.2) is 29.3 Å². The Labute approximate surface area is 123 Å². The first kappa shape index (κ1) is 12.8. The summed E-state index contributed by atoms with van der Waals surface area (Å²) in [5, 5.41) is 0.676. The largest absolute Gasteiger partial charge is 0.369 e. The van der Waals surface area contributed by atoms with Gasteiger partial charge in [-0.15, -0.1) is 0 Å². The van der Waals surface area contributed by atoms with E-state index in [1.54, 1.807) is 0 Å². The minimum absolute atomic E-state index is 0.0609. The zero-order valence-electron chi connectivity index (χ0n) is 12.1. The van der Waals surface area contributed by atoms with Crippen molar-refractivity contribution in [2.24, 2.45) is 5.92 Å². The number of H-pyrrole nitrogens is 1. The van der Waals surface area contributed by atoms with Gasteiger partial charge in [0.1, 0.15) is 0 Å². The van der Waals surface area contributed by atoms with E-state index in [-0.39, 0.29) is 5.56 Å². The third-order valence-corrected chi connectivity index (χ3v) is 4.57. The predicted molar refractivity (Wildman–Crippen MR) is 83.7 cm³/mol. The summed E-state index contributed by atoms with van der Waals surface area (Å²) in [5.41, 5.74) is 1.83. The van der Waals surface area contributed by atoms with Crippen molar-refractivity contribution >= 4 is 16.6 Å². The number of aromatic amines is 1. The molecule has 2 aliphatic rings. The van der Waals surface area contributed by atoms with Crippen molar-refractivity contribution in [2.45, 2.75) is 12.8 Å². The lowest BCUT2D eigenvalue weighted by atomic mass is 10.2. The van der Waals surface area contributed by atoms with Crippen LogP contribution in [0.25, 0.3) is 10.9 Å². The van der Waals surface area contributed by atoms with E-state index in [2.05, 4.69) is 25.8 Å². The van der Waals surface area contributed by atoms with Gasteiger partial charge in [-0.25, -0.2) is 4.98 Å². The van der Waals surface area contributed by atoms with Crippen molar-refractivity contribution in [2.75, 3.05) is 37.6 Å². The molecule has 0 bridgehead atoms. The van der Waals surface area contributed by atoms with Gasteiger partial charge in [-0.1, -0.05) is 0 Å². The molecule has 2 fully saturated rings. The highest BCUT2D eigenvalue weighted by Gasteiger charge is 2.26. The molecule has 5 nitrogen and oxygen atoms in total. The second-order valence-electron chi connectivity index (χ2n) is 6.16. The number of fused-ring (bicyclic) bond motifs is 1. The van der Waals surface area contributed by atoms with Gasteiger partial charge in [-0.3, -0.25) is 9.69 Å². The molecule has 0 radical (unpaired) electrons. The fourth-order valence-electron chi connectivity index (χ4n) is 3.11. The van der Waals surface area contributed by atoms with Crippen molar-refractivity contribution in [3.63, 3.8) is 0 Å². The summed E-state index contributed by atoms with van der Waals surface area (Å²) in [6.45, 7) is 5.60. The zero-order valence-corrected chi connectivity index (χ0v) is 12.1. The van der Waals surface area contributed by atoms with Crippen LogP contribution >= 0.6 is 0 Å². The number of benzene rings is 1. The van der Waals surface area contributed by atoms with Gasteiger partial charge in [0, 0.05) is 38.4 Å².